The van der Waals surface area contributed by atoms with Crippen molar-refractivity contribution in [3.63, 3.8) is 0 Å². The first-order valence-electron chi connectivity index (χ1n) is 35.0. The lowest BCUT2D eigenvalue weighted by atomic mass is 9.99. The molecular formula is C72H133NO8. The van der Waals surface area contributed by atoms with Gasteiger partial charge in [-0.15, -0.1) is 0 Å². The molecule has 1 aliphatic rings. The van der Waals surface area contributed by atoms with Crippen LogP contribution in [0.15, 0.2) is 60.8 Å². The van der Waals surface area contributed by atoms with Gasteiger partial charge in [-0.3, -0.25) is 4.79 Å². The topological polar surface area (TPSA) is 149 Å². The average molecular weight is 1140 g/mol. The predicted molar refractivity (Wildman–Crippen MR) is 346 cm³/mol. The summed E-state index contributed by atoms with van der Waals surface area (Å²) in [5.74, 6) is -0.171. The number of aliphatic hydroxyl groups is 5. The summed E-state index contributed by atoms with van der Waals surface area (Å²) in [6, 6.07) is -0.806. The molecule has 474 valence electrons. The lowest BCUT2D eigenvalue weighted by Crippen LogP contribution is -2.60. The van der Waals surface area contributed by atoms with Gasteiger partial charge in [-0.05, 0) is 57.8 Å². The Bertz CT molecular complexity index is 1460. The lowest BCUT2D eigenvalue weighted by molar-refractivity contribution is -0.302. The van der Waals surface area contributed by atoms with E-state index >= 15 is 0 Å². The number of carbonyl (C=O) groups excluding carboxylic acids is 1. The maximum atomic E-state index is 13.1. The summed E-state index contributed by atoms with van der Waals surface area (Å²) in [6.45, 7) is 3.71. The van der Waals surface area contributed by atoms with Crippen molar-refractivity contribution in [2.24, 2.45) is 0 Å². The van der Waals surface area contributed by atoms with Crippen LogP contribution >= 0.6 is 0 Å². The third kappa shape index (κ3) is 49.8. The number of hydrogen-bond acceptors (Lipinski definition) is 8. The van der Waals surface area contributed by atoms with Gasteiger partial charge in [0.15, 0.2) is 6.29 Å². The van der Waals surface area contributed by atoms with Crippen molar-refractivity contribution in [3.8, 4) is 0 Å². The highest BCUT2D eigenvalue weighted by Crippen LogP contribution is 2.23. The number of aliphatic hydroxyl groups excluding tert-OH is 5. The summed E-state index contributed by atoms with van der Waals surface area (Å²) in [6.07, 6.45) is 77.6. The molecule has 0 aromatic carbocycles. The van der Waals surface area contributed by atoms with Crippen LogP contribution in [-0.4, -0.2) is 87.5 Å². The molecule has 81 heavy (non-hydrogen) atoms. The molecule has 0 saturated carbocycles. The van der Waals surface area contributed by atoms with E-state index < -0.39 is 49.5 Å². The monoisotopic (exact) mass is 1140 g/mol. The quantitative estimate of drug-likeness (QED) is 0.0261. The van der Waals surface area contributed by atoms with Crippen LogP contribution in [0.1, 0.15) is 335 Å². The van der Waals surface area contributed by atoms with Crippen molar-refractivity contribution in [2.75, 3.05) is 13.2 Å². The summed E-state index contributed by atoms with van der Waals surface area (Å²) < 4.78 is 11.3. The first-order chi connectivity index (χ1) is 39.8. The van der Waals surface area contributed by atoms with Crippen LogP contribution in [0.3, 0.4) is 0 Å². The molecule has 9 heteroatoms. The van der Waals surface area contributed by atoms with E-state index in [0.717, 1.165) is 64.2 Å². The van der Waals surface area contributed by atoms with Crippen LogP contribution in [0.25, 0.3) is 0 Å². The molecular weight excluding hydrogens is 1010 g/mol. The van der Waals surface area contributed by atoms with E-state index in [1.165, 1.54) is 250 Å². The Hall–Kier alpha value is -2.11. The van der Waals surface area contributed by atoms with Gasteiger partial charge >= 0.3 is 0 Å². The number of rotatable bonds is 61. The Kier molecular flexibility index (Phi) is 57.9. The molecule has 6 N–H and O–H groups in total. The number of nitrogens with one attached hydrogen (secondary N) is 1. The predicted octanol–water partition coefficient (Wildman–Crippen LogP) is 19.0. The second kappa shape index (κ2) is 61.0. The fourth-order valence-corrected chi connectivity index (χ4v) is 11.2. The maximum absolute atomic E-state index is 13.1. The molecule has 1 heterocycles. The molecule has 1 fully saturated rings. The first-order valence-corrected chi connectivity index (χ1v) is 35.0. The van der Waals surface area contributed by atoms with E-state index in [4.69, 9.17) is 9.47 Å². The third-order valence-corrected chi connectivity index (χ3v) is 16.6. The van der Waals surface area contributed by atoms with Gasteiger partial charge in [0.05, 0.1) is 25.4 Å². The minimum absolute atomic E-state index is 0.171. The second-order valence-electron chi connectivity index (χ2n) is 24.3. The van der Waals surface area contributed by atoms with Gasteiger partial charge in [0.1, 0.15) is 24.4 Å². The highest BCUT2D eigenvalue weighted by molar-refractivity contribution is 5.76. The molecule has 0 aliphatic carbocycles. The highest BCUT2D eigenvalue weighted by Gasteiger charge is 2.44. The fraction of sp³-hybridized carbons (Fsp3) is 0.847. The number of amides is 1. The van der Waals surface area contributed by atoms with E-state index in [2.05, 4.69) is 67.8 Å². The number of allylic oxidation sites excluding steroid dienone is 9. The van der Waals surface area contributed by atoms with Gasteiger partial charge in [0, 0.05) is 6.42 Å². The first kappa shape index (κ1) is 76.9. The van der Waals surface area contributed by atoms with Crippen LogP contribution in [0, 0.1) is 0 Å². The van der Waals surface area contributed by atoms with Crippen LogP contribution in [0.4, 0.5) is 0 Å². The molecule has 0 radical (unpaired) electrons. The van der Waals surface area contributed by atoms with E-state index in [1.54, 1.807) is 6.08 Å². The van der Waals surface area contributed by atoms with Crippen LogP contribution in [0.5, 0.6) is 0 Å². The minimum Gasteiger partial charge on any atom is -0.394 e. The molecule has 9 nitrogen and oxygen atoms in total. The van der Waals surface area contributed by atoms with E-state index in [0.29, 0.717) is 6.42 Å². The molecule has 0 bridgehead atoms. The smallest absolute Gasteiger partial charge is 0.220 e. The summed E-state index contributed by atoms with van der Waals surface area (Å²) >= 11 is 0. The van der Waals surface area contributed by atoms with Crippen LogP contribution in [0.2, 0.25) is 0 Å². The van der Waals surface area contributed by atoms with E-state index in [1.807, 2.05) is 6.08 Å². The van der Waals surface area contributed by atoms with Crippen LogP contribution < -0.4 is 5.32 Å². The summed E-state index contributed by atoms with van der Waals surface area (Å²) in [4.78, 5) is 13.1. The van der Waals surface area contributed by atoms with Crippen molar-refractivity contribution in [2.45, 2.75) is 378 Å². The van der Waals surface area contributed by atoms with Crippen molar-refractivity contribution in [1.29, 1.82) is 0 Å². The summed E-state index contributed by atoms with van der Waals surface area (Å²) in [5, 5.41) is 54.8. The van der Waals surface area contributed by atoms with Gasteiger partial charge < -0.3 is 40.3 Å². The highest BCUT2D eigenvalue weighted by atomic mass is 16.7. The van der Waals surface area contributed by atoms with Gasteiger partial charge in [-0.25, -0.2) is 0 Å². The number of hydrogen-bond donors (Lipinski definition) is 6. The van der Waals surface area contributed by atoms with Gasteiger partial charge in [0.2, 0.25) is 5.91 Å². The molecule has 1 aliphatic heterocycles. The molecule has 7 unspecified atom stereocenters. The van der Waals surface area contributed by atoms with Crippen molar-refractivity contribution in [1.82, 2.24) is 5.32 Å². The molecule has 0 aromatic rings. The van der Waals surface area contributed by atoms with Crippen molar-refractivity contribution < 1.29 is 39.8 Å². The average Bonchev–Trinajstić information content (AvgIpc) is 3.48. The number of carbonyl (C=O) groups is 1. The van der Waals surface area contributed by atoms with Gasteiger partial charge in [0.25, 0.3) is 0 Å². The Morgan fingerprint density at radius 2 is 0.765 bits per heavy atom. The zero-order valence-corrected chi connectivity index (χ0v) is 53.0. The minimum atomic E-state index is -1.57. The van der Waals surface area contributed by atoms with Crippen molar-refractivity contribution in [3.05, 3.63) is 60.8 Å². The standard InChI is InChI=1S/C72H133NO8/c1-3-5-7-9-11-13-15-17-19-21-23-25-27-28-29-30-31-32-33-34-35-36-37-38-40-42-44-46-48-50-52-54-56-58-60-62-68(76)73-65(64-80-72-71(79)70(78)69(77)67(63-74)81-72)66(75)61-59-57-55-53-51-49-47-45-43-41-39-26-24-22-20-18-16-14-12-10-8-6-4-2/h5,7,11,13,17,19,23,25,59,61,65-67,69-72,74-75,77-79H,3-4,6,8-10,12,14-16,18,20-22,24,26-58,60,62-64H2,1-2H3,(H,73,76)/b7-5-,13-11-,19-17-,25-23-,61-59+. The van der Waals surface area contributed by atoms with E-state index in [9.17, 15) is 30.3 Å². The second-order valence-corrected chi connectivity index (χ2v) is 24.3. The Labute approximate surface area is 500 Å². The summed E-state index contributed by atoms with van der Waals surface area (Å²) in [5.41, 5.74) is 0. The zero-order chi connectivity index (χ0) is 58.6. The lowest BCUT2D eigenvalue weighted by Gasteiger charge is -2.40. The Morgan fingerprint density at radius 3 is 1.14 bits per heavy atom. The van der Waals surface area contributed by atoms with Gasteiger partial charge in [-0.1, -0.05) is 331 Å². The fourth-order valence-electron chi connectivity index (χ4n) is 11.2. The zero-order valence-electron chi connectivity index (χ0n) is 53.0. The van der Waals surface area contributed by atoms with Crippen LogP contribution in [-0.2, 0) is 14.3 Å². The summed E-state index contributed by atoms with van der Waals surface area (Å²) in [7, 11) is 0. The molecule has 7 atom stereocenters. The molecule has 0 spiro atoms. The SMILES string of the molecule is CC/C=C\C/C=C\C/C=C\C/C=C\CCCCCCCCCCCCCCCCCCCCCCCCC(=O)NC(COC1OC(CO)C(O)C(O)C1O)C(O)/C=C/CCCCCCCCCCCCCCCCCCCCCCC. The van der Waals surface area contributed by atoms with Crippen molar-refractivity contribution >= 4 is 5.91 Å². The maximum Gasteiger partial charge on any atom is 0.220 e. The number of unbranched alkanes of at least 4 members (excludes halogenated alkanes) is 43. The third-order valence-electron chi connectivity index (χ3n) is 16.6. The molecule has 1 amide bonds. The van der Waals surface area contributed by atoms with E-state index in [-0.39, 0.29) is 12.5 Å². The Morgan fingerprint density at radius 1 is 0.432 bits per heavy atom. The molecule has 1 saturated heterocycles. The normalized spacial score (nSPS) is 18.7. The largest absolute Gasteiger partial charge is 0.394 e. The van der Waals surface area contributed by atoms with Gasteiger partial charge in [-0.2, -0.15) is 0 Å². The Balaban J connectivity index is 2.10. The molecule has 0 aromatic heterocycles. The number of ether oxygens (including phenoxy) is 2. The molecule has 1 rings (SSSR count).